The first-order valence-electron chi connectivity index (χ1n) is 7.81. The summed E-state index contributed by atoms with van der Waals surface area (Å²) in [7, 11) is -0.553. The number of hydrogen-bond acceptors (Lipinski definition) is 5. The molecule has 1 atom stereocenters. The van der Waals surface area contributed by atoms with E-state index < -0.39 is 10.0 Å². The van der Waals surface area contributed by atoms with Gasteiger partial charge in [-0.3, -0.25) is 4.90 Å². The largest absolute Gasteiger partial charge is 0.447 e. The molecule has 22 heavy (non-hydrogen) atoms. The molecule has 1 N–H and O–H groups in total. The minimum Gasteiger partial charge on any atom is -0.447 e. The summed E-state index contributed by atoms with van der Waals surface area (Å²) in [6, 6.07) is 3.24. The van der Waals surface area contributed by atoms with Crippen LogP contribution in [0.15, 0.2) is 21.6 Å². The van der Waals surface area contributed by atoms with Crippen LogP contribution in [0.1, 0.15) is 37.9 Å². The Morgan fingerprint density at radius 1 is 1.36 bits per heavy atom. The third kappa shape index (κ3) is 2.50. The highest BCUT2D eigenvalue weighted by Crippen LogP contribution is 2.44. The molecule has 1 aromatic rings. The van der Waals surface area contributed by atoms with Crippen molar-refractivity contribution in [3.8, 4) is 0 Å². The van der Waals surface area contributed by atoms with Gasteiger partial charge in [-0.2, -0.15) is 0 Å². The van der Waals surface area contributed by atoms with Crippen molar-refractivity contribution < 1.29 is 17.9 Å². The van der Waals surface area contributed by atoms with Gasteiger partial charge in [-0.05, 0) is 31.4 Å². The van der Waals surface area contributed by atoms with E-state index in [2.05, 4.69) is 4.90 Å². The van der Waals surface area contributed by atoms with Crippen LogP contribution in [0.4, 0.5) is 0 Å². The molecule has 1 aromatic heterocycles. The molecule has 3 rings (SSSR count). The van der Waals surface area contributed by atoms with Gasteiger partial charge in [0, 0.05) is 26.2 Å². The number of aliphatic hydroxyl groups is 1. The van der Waals surface area contributed by atoms with Crippen LogP contribution in [0, 0.1) is 0 Å². The molecule has 0 bridgehead atoms. The molecule has 0 amide bonds. The molecule has 124 valence electrons. The lowest BCUT2D eigenvalue weighted by atomic mass is 9.91. The van der Waals surface area contributed by atoms with Gasteiger partial charge in [-0.1, -0.05) is 12.8 Å². The Bertz CT molecular complexity index is 632. The van der Waals surface area contributed by atoms with Crippen molar-refractivity contribution in [2.45, 2.75) is 55.4 Å². The lowest BCUT2D eigenvalue weighted by molar-refractivity contribution is 0.0241. The normalized spacial score (nSPS) is 25.5. The fourth-order valence-electron chi connectivity index (χ4n) is 3.80. The fourth-order valence-corrected chi connectivity index (χ4v) is 4.62. The van der Waals surface area contributed by atoms with Crippen LogP contribution >= 0.6 is 0 Å². The van der Waals surface area contributed by atoms with Crippen LogP contribution in [0.3, 0.4) is 0 Å². The van der Waals surface area contributed by atoms with Crippen LogP contribution in [0.5, 0.6) is 0 Å². The van der Waals surface area contributed by atoms with Gasteiger partial charge >= 0.3 is 0 Å². The first kappa shape index (κ1) is 16.0. The van der Waals surface area contributed by atoms with Gasteiger partial charge in [0.2, 0.25) is 5.09 Å². The predicted octanol–water partition coefficient (Wildman–Crippen LogP) is 1.41. The van der Waals surface area contributed by atoms with E-state index in [0.29, 0.717) is 12.3 Å². The average molecular weight is 328 g/mol. The molecule has 2 heterocycles. The van der Waals surface area contributed by atoms with Gasteiger partial charge < -0.3 is 9.52 Å². The first-order valence-corrected chi connectivity index (χ1v) is 9.25. The maximum atomic E-state index is 12.1. The van der Waals surface area contributed by atoms with Crippen LogP contribution in [-0.2, 0) is 16.6 Å². The minimum absolute atomic E-state index is 0.0206. The zero-order chi connectivity index (χ0) is 16.0. The maximum Gasteiger partial charge on any atom is 0.275 e. The SMILES string of the molecule is CN(C)S(=O)(=O)c1ccc(CN2CCC(O)C23CCCC3)o1. The summed E-state index contributed by atoms with van der Waals surface area (Å²) in [5, 5.41) is 10.3. The van der Waals surface area contributed by atoms with Gasteiger partial charge in [0.05, 0.1) is 12.6 Å². The van der Waals surface area contributed by atoms with Crippen LogP contribution in [0.25, 0.3) is 0 Å². The summed E-state index contributed by atoms with van der Waals surface area (Å²) >= 11 is 0. The second-order valence-corrected chi connectivity index (χ2v) is 8.63. The van der Waals surface area contributed by atoms with E-state index in [9.17, 15) is 13.5 Å². The van der Waals surface area contributed by atoms with Crippen molar-refractivity contribution in [3.63, 3.8) is 0 Å². The van der Waals surface area contributed by atoms with Crippen molar-refractivity contribution in [2.75, 3.05) is 20.6 Å². The molecule has 6 nitrogen and oxygen atoms in total. The van der Waals surface area contributed by atoms with Crippen LogP contribution in [0.2, 0.25) is 0 Å². The second kappa shape index (κ2) is 5.63. The number of aliphatic hydroxyl groups excluding tert-OH is 1. The van der Waals surface area contributed by atoms with Gasteiger partial charge in [0.25, 0.3) is 10.0 Å². The quantitative estimate of drug-likeness (QED) is 0.904. The van der Waals surface area contributed by atoms with E-state index in [1.807, 2.05) is 0 Å². The van der Waals surface area contributed by atoms with Crippen LogP contribution < -0.4 is 0 Å². The molecule has 1 saturated heterocycles. The monoisotopic (exact) mass is 328 g/mol. The average Bonchev–Trinajstić information content (AvgIpc) is 3.17. The Morgan fingerprint density at radius 2 is 2.05 bits per heavy atom. The first-order chi connectivity index (χ1) is 10.4. The maximum absolute atomic E-state index is 12.1. The zero-order valence-electron chi connectivity index (χ0n) is 13.2. The molecule has 1 aliphatic carbocycles. The van der Waals surface area contributed by atoms with Gasteiger partial charge in [0.1, 0.15) is 5.76 Å². The smallest absolute Gasteiger partial charge is 0.275 e. The molecule has 0 aromatic carbocycles. The Hall–Kier alpha value is -0.890. The van der Waals surface area contributed by atoms with E-state index >= 15 is 0 Å². The van der Waals surface area contributed by atoms with E-state index in [0.717, 1.165) is 43.0 Å². The summed E-state index contributed by atoms with van der Waals surface area (Å²) in [4.78, 5) is 2.27. The van der Waals surface area contributed by atoms with E-state index in [4.69, 9.17) is 4.42 Å². The van der Waals surface area contributed by atoms with Crippen molar-refractivity contribution in [1.29, 1.82) is 0 Å². The summed E-state index contributed by atoms with van der Waals surface area (Å²) in [6.07, 6.45) is 4.81. The van der Waals surface area contributed by atoms with Gasteiger partial charge in [-0.25, -0.2) is 12.7 Å². The Kier molecular flexibility index (Phi) is 4.09. The Morgan fingerprint density at radius 3 is 2.68 bits per heavy atom. The van der Waals surface area contributed by atoms with Gasteiger partial charge in [0.15, 0.2) is 0 Å². The Labute approximate surface area is 131 Å². The number of hydrogen-bond donors (Lipinski definition) is 1. The second-order valence-electron chi connectivity index (χ2n) is 6.54. The topological polar surface area (TPSA) is 74.0 Å². The molecular weight excluding hydrogens is 304 g/mol. The number of likely N-dealkylation sites (tertiary alicyclic amines) is 1. The summed E-state index contributed by atoms with van der Waals surface area (Å²) in [6.45, 7) is 1.39. The summed E-state index contributed by atoms with van der Waals surface area (Å²) in [5.41, 5.74) is -0.132. The van der Waals surface area contributed by atoms with E-state index in [1.165, 1.54) is 20.2 Å². The number of nitrogens with zero attached hydrogens (tertiary/aromatic N) is 2. The Balaban J connectivity index is 1.78. The zero-order valence-corrected chi connectivity index (χ0v) is 14.0. The van der Waals surface area contributed by atoms with Crippen molar-refractivity contribution in [1.82, 2.24) is 9.21 Å². The molecule has 2 fully saturated rings. The summed E-state index contributed by atoms with van der Waals surface area (Å²) < 4.78 is 30.8. The highest BCUT2D eigenvalue weighted by atomic mass is 32.2. The number of rotatable bonds is 4. The minimum atomic E-state index is -3.53. The van der Waals surface area contributed by atoms with E-state index in [1.54, 1.807) is 6.07 Å². The molecule has 1 unspecified atom stereocenters. The van der Waals surface area contributed by atoms with E-state index in [-0.39, 0.29) is 16.7 Å². The van der Waals surface area contributed by atoms with Crippen molar-refractivity contribution in [3.05, 3.63) is 17.9 Å². The van der Waals surface area contributed by atoms with Crippen LogP contribution in [-0.4, -0.2) is 55.0 Å². The van der Waals surface area contributed by atoms with Crippen molar-refractivity contribution >= 4 is 10.0 Å². The predicted molar refractivity (Wildman–Crippen MR) is 81.8 cm³/mol. The van der Waals surface area contributed by atoms with Gasteiger partial charge in [-0.15, -0.1) is 0 Å². The number of sulfonamides is 1. The molecular formula is C15H24N2O4S. The third-order valence-electron chi connectivity index (χ3n) is 5.11. The molecule has 2 aliphatic rings. The molecule has 0 radical (unpaired) electrons. The highest BCUT2D eigenvalue weighted by molar-refractivity contribution is 7.88. The highest BCUT2D eigenvalue weighted by Gasteiger charge is 2.49. The molecule has 7 heteroatoms. The molecule has 1 spiro atoms. The molecule has 1 aliphatic heterocycles. The lowest BCUT2D eigenvalue weighted by Crippen LogP contribution is -2.47. The molecule has 1 saturated carbocycles. The third-order valence-corrected chi connectivity index (χ3v) is 6.80. The van der Waals surface area contributed by atoms with Crippen molar-refractivity contribution in [2.24, 2.45) is 0 Å². The fraction of sp³-hybridized carbons (Fsp3) is 0.733. The standard InChI is InChI=1S/C15H24N2O4S/c1-16(2)22(19,20)14-6-5-12(21-14)11-17-10-7-13(18)15(17)8-3-4-9-15/h5-6,13,18H,3-4,7-11H2,1-2H3. The summed E-state index contributed by atoms with van der Waals surface area (Å²) in [5.74, 6) is 0.640. The number of furan rings is 1. The lowest BCUT2D eigenvalue weighted by Gasteiger charge is -2.36.